The normalized spacial score (nSPS) is 13.7. The van der Waals surface area contributed by atoms with Gasteiger partial charge in [0.05, 0.1) is 0 Å². The van der Waals surface area contributed by atoms with Crippen molar-refractivity contribution in [3.8, 4) is 11.5 Å². The molecule has 3 heteroatoms. The van der Waals surface area contributed by atoms with Crippen LogP contribution in [0, 0.1) is 5.92 Å². The van der Waals surface area contributed by atoms with Gasteiger partial charge in [-0.3, -0.25) is 0 Å². The fraction of sp³-hybridized carbons (Fsp3) is 0.600. The molecule has 0 amide bonds. The van der Waals surface area contributed by atoms with Gasteiger partial charge in [-0.25, -0.2) is 0 Å². The predicted octanol–water partition coefficient (Wildman–Crippen LogP) is 3.62. The summed E-state index contributed by atoms with van der Waals surface area (Å²) in [4.78, 5) is 0. The largest absolute Gasteiger partial charge is 0.508 e. The minimum atomic E-state index is -0.254. The highest BCUT2D eigenvalue weighted by molar-refractivity contribution is 5.41. The highest BCUT2D eigenvalue weighted by Gasteiger charge is 2.16. The molecule has 0 heterocycles. The van der Waals surface area contributed by atoms with Crippen LogP contribution in [0.3, 0.4) is 0 Å². The van der Waals surface area contributed by atoms with E-state index in [1.165, 1.54) is 0 Å². The van der Waals surface area contributed by atoms with Crippen molar-refractivity contribution in [2.24, 2.45) is 11.7 Å². The zero-order valence-corrected chi connectivity index (χ0v) is 12.0. The van der Waals surface area contributed by atoms with Gasteiger partial charge < -0.3 is 15.6 Å². The fourth-order valence-electron chi connectivity index (χ4n) is 1.88. The van der Waals surface area contributed by atoms with Gasteiger partial charge in [-0.15, -0.1) is 0 Å². The monoisotopic (exact) mass is 251 g/mol. The lowest BCUT2D eigenvalue weighted by Gasteiger charge is -2.23. The molecule has 0 radical (unpaired) electrons. The van der Waals surface area contributed by atoms with E-state index in [-0.39, 0.29) is 17.4 Å². The topological polar surface area (TPSA) is 55.5 Å². The molecule has 102 valence electrons. The lowest BCUT2D eigenvalue weighted by atomic mass is 9.97. The molecule has 1 rings (SSSR count). The molecule has 0 aliphatic carbocycles. The summed E-state index contributed by atoms with van der Waals surface area (Å²) in [7, 11) is 0. The molecule has 0 unspecified atom stereocenters. The number of ether oxygens (including phenoxy) is 1. The van der Waals surface area contributed by atoms with E-state index in [0.717, 1.165) is 17.7 Å². The Morgan fingerprint density at radius 3 is 2.39 bits per heavy atom. The van der Waals surface area contributed by atoms with Crippen molar-refractivity contribution in [3.63, 3.8) is 0 Å². The van der Waals surface area contributed by atoms with Crippen LogP contribution in [0.1, 0.15) is 52.6 Å². The maximum absolute atomic E-state index is 9.88. The Morgan fingerprint density at radius 2 is 1.89 bits per heavy atom. The molecule has 0 aliphatic heterocycles. The average molecular weight is 251 g/mol. The summed E-state index contributed by atoms with van der Waals surface area (Å²) in [6.45, 7) is 10.2. The molecular weight excluding hydrogens is 226 g/mol. The Kier molecular flexibility index (Phi) is 4.63. The van der Waals surface area contributed by atoms with Gasteiger partial charge in [0.15, 0.2) is 0 Å². The second-order valence-electron chi connectivity index (χ2n) is 6.17. The van der Waals surface area contributed by atoms with E-state index in [2.05, 4.69) is 13.8 Å². The summed E-state index contributed by atoms with van der Waals surface area (Å²) in [6, 6.07) is 5.10. The molecule has 18 heavy (non-hydrogen) atoms. The highest BCUT2D eigenvalue weighted by Crippen LogP contribution is 2.31. The van der Waals surface area contributed by atoms with Crippen LogP contribution >= 0.6 is 0 Å². The van der Waals surface area contributed by atoms with Crippen molar-refractivity contribution in [2.45, 2.75) is 52.7 Å². The molecule has 0 saturated heterocycles. The molecule has 0 spiro atoms. The van der Waals surface area contributed by atoms with Gasteiger partial charge in [0, 0.05) is 11.6 Å². The first-order chi connectivity index (χ1) is 8.19. The van der Waals surface area contributed by atoms with Crippen LogP contribution in [-0.2, 0) is 0 Å². The molecule has 1 aromatic rings. The number of hydrogen-bond donors (Lipinski definition) is 2. The average Bonchev–Trinajstić information content (AvgIpc) is 2.17. The number of hydrogen-bond acceptors (Lipinski definition) is 3. The van der Waals surface area contributed by atoms with E-state index in [0.29, 0.717) is 5.92 Å². The molecule has 1 aromatic carbocycles. The first kappa shape index (κ1) is 14.8. The van der Waals surface area contributed by atoms with E-state index in [1.54, 1.807) is 12.1 Å². The minimum Gasteiger partial charge on any atom is -0.508 e. The molecular formula is C15H25NO2. The van der Waals surface area contributed by atoms with Gasteiger partial charge >= 0.3 is 0 Å². The Hall–Kier alpha value is -1.22. The highest BCUT2D eigenvalue weighted by atomic mass is 16.5. The fourth-order valence-corrected chi connectivity index (χ4v) is 1.88. The molecule has 0 aromatic heterocycles. The van der Waals surface area contributed by atoms with Gasteiger partial charge in [-0.1, -0.05) is 13.8 Å². The summed E-state index contributed by atoms with van der Waals surface area (Å²) >= 11 is 0. The van der Waals surface area contributed by atoms with Gasteiger partial charge in [-0.2, -0.15) is 0 Å². The minimum absolute atomic E-state index is 0.159. The zero-order valence-electron chi connectivity index (χ0n) is 12.0. The van der Waals surface area contributed by atoms with Crippen LogP contribution in [0.4, 0.5) is 0 Å². The van der Waals surface area contributed by atoms with Crippen molar-refractivity contribution in [2.75, 3.05) is 0 Å². The van der Waals surface area contributed by atoms with Crippen molar-refractivity contribution < 1.29 is 9.84 Å². The number of aromatic hydroxyl groups is 1. The standard InChI is InChI=1S/C15H25NO2/c1-10(2)8-13(16)12-9-11(6-7-14(12)17)18-15(3,4)5/h6-7,9-10,13,17H,8,16H2,1-5H3/t13-/m0/s1. The molecule has 1 atom stereocenters. The van der Waals surface area contributed by atoms with Crippen LogP contribution in [0.2, 0.25) is 0 Å². The van der Waals surface area contributed by atoms with Crippen LogP contribution in [0.15, 0.2) is 18.2 Å². The summed E-state index contributed by atoms with van der Waals surface area (Å²) in [6.07, 6.45) is 0.840. The van der Waals surface area contributed by atoms with Gasteiger partial charge in [0.2, 0.25) is 0 Å². The lowest BCUT2D eigenvalue weighted by molar-refractivity contribution is 0.130. The zero-order chi connectivity index (χ0) is 13.9. The van der Waals surface area contributed by atoms with Crippen molar-refractivity contribution >= 4 is 0 Å². The summed E-state index contributed by atoms with van der Waals surface area (Å²) in [5.41, 5.74) is 6.62. The van der Waals surface area contributed by atoms with Crippen LogP contribution in [-0.4, -0.2) is 10.7 Å². The van der Waals surface area contributed by atoms with Gasteiger partial charge in [0.25, 0.3) is 0 Å². The Morgan fingerprint density at radius 1 is 1.28 bits per heavy atom. The smallest absolute Gasteiger partial charge is 0.120 e. The Labute approximate surface area is 110 Å². The quantitative estimate of drug-likeness (QED) is 0.859. The van der Waals surface area contributed by atoms with E-state index >= 15 is 0 Å². The van der Waals surface area contributed by atoms with Gasteiger partial charge in [-0.05, 0) is 51.3 Å². The second-order valence-corrected chi connectivity index (χ2v) is 6.17. The van der Waals surface area contributed by atoms with Crippen LogP contribution in [0.5, 0.6) is 11.5 Å². The Bertz CT molecular complexity index is 394. The van der Waals surface area contributed by atoms with Crippen molar-refractivity contribution in [1.29, 1.82) is 0 Å². The third kappa shape index (κ3) is 4.57. The number of phenols is 1. The van der Waals surface area contributed by atoms with Gasteiger partial charge in [0.1, 0.15) is 17.1 Å². The molecule has 3 nitrogen and oxygen atoms in total. The molecule has 0 fully saturated rings. The SMILES string of the molecule is CC(C)C[C@H](N)c1cc(OC(C)(C)C)ccc1O. The van der Waals surface area contributed by atoms with Crippen LogP contribution in [0.25, 0.3) is 0 Å². The molecule has 0 aliphatic rings. The number of benzene rings is 1. The van der Waals surface area contributed by atoms with E-state index < -0.39 is 0 Å². The first-order valence-electron chi connectivity index (χ1n) is 6.46. The maximum atomic E-state index is 9.88. The van der Waals surface area contributed by atoms with Crippen molar-refractivity contribution in [1.82, 2.24) is 0 Å². The summed E-state index contributed by atoms with van der Waals surface area (Å²) < 4.78 is 5.79. The molecule has 0 bridgehead atoms. The maximum Gasteiger partial charge on any atom is 0.120 e. The third-order valence-corrected chi connectivity index (χ3v) is 2.55. The number of rotatable bonds is 4. The number of nitrogens with two attached hydrogens (primary N) is 1. The van der Waals surface area contributed by atoms with E-state index in [1.807, 2.05) is 26.8 Å². The van der Waals surface area contributed by atoms with E-state index in [4.69, 9.17) is 10.5 Å². The van der Waals surface area contributed by atoms with Crippen LogP contribution < -0.4 is 10.5 Å². The summed E-state index contributed by atoms with van der Waals surface area (Å²) in [5, 5.41) is 9.88. The first-order valence-corrected chi connectivity index (χ1v) is 6.46. The van der Waals surface area contributed by atoms with E-state index in [9.17, 15) is 5.11 Å². The molecule has 0 saturated carbocycles. The lowest BCUT2D eigenvalue weighted by Crippen LogP contribution is -2.23. The number of phenolic OH excluding ortho intramolecular Hbond substituents is 1. The predicted molar refractivity (Wildman–Crippen MR) is 74.9 cm³/mol. The van der Waals surface area contributed by atoms with Crippen molar-refractivity contribution in [3.05, 3.63) is 23.8 Å². The third-order valence-electron chi connectivity index (χ3n) is 2.55. The Balaban J connectivity index is 2.94. The molecule has 3 N–H and O–H groups in total. The summed E-state index contributed by atoms with van der Waals surface area (Å²) in [5.74, 6) is 1.48. The second kappa shape index (κ2) is 5.61.